The average Bonchev–Trinajstić information content (AvgIpc) is 3.43. The summed E-state index contributed by atoms with van der Waals surface area (Å²) in [5, 5.41) is 12.8. The molecule has 8 aromatic carbocycles. The Kier molecular flexibility index (Phi) is 20.6. The van der Waals surface area contributed by atoms with Crippen molar-refractivity contribution in [2.75, 3.05) is 12.3 Å². The molecule has 0 bridgehead atoms. The molecule has 0 spiro atoms. The molecule has 0 amide bonds. The maximum atomic E-state index is 2.58. The minimum atomic E-state index is -0.805. The van der Waals surface area contributed by atoms with Crippen molar-refractivity contribution < 1.29 is 0 Å². The molecule has 0 aliphatic carbocycles. The second kappa shape index (κ2) is 27.9. The van der Waals surface area contributed by atoms with E-state index in [1.54, 1.807) is 42.4 Å². The summed E-state index contributed by atoms with van der Waals surface area (Å²) in [7, 11) is -5.60. The van der Waals surface area contributed by atoms with Gasteiger partial charge in [-0.05, 0) is 127 Å². The van der Waals surface area contributed by atoms with Gasteiger partial charge >= 0.3 is 0 Å². The SMILES string of the molecule is c1ccc(P2CCCCCCCCCCCCCP(c3ccccc3)P(c3ccccc3)P(c3ccccc3)P(c3ccccc3)P(c3ccccc3)P(c3ccccc3)P2c2ccccc2)cc1. The Morgan fingerprint density at radius 1 is 0.159 bits per heavy atom. The molecule has 0 aromatic heterocycles. The highest BCUT2D eigenvalue weighted by molar-refractivity contribution is 9.03. The highest BCUT2D eigenvalue weighted by atomic mass is 32.9. The third kappa shape index (κ3) is 13.8. The minimum Gasteiger partial charge on any atom is -0.0622 e. The molecule has 1 fully saturated rings. The molecule has 0 nitrogen and oxygen atoms in total. The quantitative estimate of drug-likeness (QED) is 0.133. The topological polar surface area (TPSA) is 0 Å². The van der Waals surface area contributed by atoms with E-state index in [4.69, 9.17) is 0 Å². The molecule has 8 heteroatoms. The van der Waals surface area contributed by atoms with Crippen LogP contribution in [0.4, 0.5) is 0 Å². The van der Waals surface area contributed by atoms with Gasteiger partial charge in [0.25, 0.3) is 0 Å². The normalized spacial score (nSPS) is 23.8. The van der Waals surface area contributed by atoms with Gasteiger partial charge in [0.05, 0.1) is 0 Å². The Balaban J connectivity index is 1.38. The molecule has 8 atom stereocenters. The Hall–Kier alpha value is -2.80. The lowest BCUT2D eigenvalue weighted by Gasteiger charge is -2.48. The second-order valence-corrected chi connectivity index (χ2v) is 50.6. The lowest BCUT2D eigenvalue weighted by Crippen LogP contribution is -2.16. The third-order valence-corrected chi connectivity index (χ3v) is 68.5. The Labute approximate surface area is 424 Å². The van der Waals surface area contributed by atoms with E-state index in [1.165, 1.54) is 83.0 Å². The molecule has 9 rings (SSSR count). The van der Waals surface area contributed by atoms with Crippen molar-refractivity contribution in [2.45, 2.75) is 70.6 Å². The second-order valence-electron chi connectivity index (χ2n) is 17.6. The summed E-state index contributed by atoms with van der Waals surface area (Å²) in [4.78, 5) is 0. The van der Waals surface area contributed by atoms with Gasteiger partial charge in [-0.3, -0.25) is 0 Å². The molecule has 0 saturated carbocycles. The molecule has 8 unspecified atom stereocenters. The van der Waals surface area contributed by atoms with Crippen LogP contribution in [0.3, 0.4) is 0 Å². The number of hydrogen-bond acceptors (Lipinski definition) is 0. The van der Waals surface area contributed by atoms with Crippen LogP contribution < -0.4 is 42.4 Å². The molecule has 1 saturated heterocycles. The molecule has 1 aliphatic rings. The van der Waals surface area contributed by atoms with Crippen molar-refractivity contribution in [3.05, 3.63) is 243 Å². The van der Waals surface area contributed by atoms with Crippen LogP contribution in [0.1, 0.15) is 70.6 Å². The number of rotatable bonds is 8. The molecule has 8 aromatic rings. The van der Waals surface area contributed by atoms with E-state index in [0.29, 0.717) is 0 Å². The molecular weight excluding hydrogens is 980 g/mol. The van der Waals surface area contributed by atoms with E-state index < -0.39 is 59.0 Å². The van der Waals surface area contributed by atoms with Crippen LogP contribution in [0, 0.1) is 0 Å². The first-order chi connectivity index (χ1) is 34.3. The molecule has 69 heavy (non-hydrogen) atoms. The van der Waals surface area contributed by atoms with Gasteiger partial charge < -0.3 is 0 Å². The standard InChI is InChI=1S/C61H66P8/c1-2-4-6-8-34-52-62(54-36-18-10-19-37-54)64(56-40-22-12-23-41-56)66(58-44-26-14-27-45-58)68(60-48-30-16-31-49-60)69(61-50-32-17-33-51-61)67(59-46-28-15-29-47-59)65(57-42-24-13-25-43-57)63(53-35-9-7-5-3-1)55-38-20-11-21-39-55/h10-33,36-51H,1-9,34-35,52-53H2. The van der Waals surface area contributed by atoms with Gasteiger partial charge in [-0.1, -0.05) is 300 Å². The maximum absolute atomic E-state index is 2.58. The largest absolute Gasteiger partial charge is 0.0622 e. The molecule has 0 radical (unpaired) electrons. The summed E-state index contributed by atoms with van der Waals surface area (Å²) in [6.07, 6.45) is 17.5. The molecule has 1 heterocycles. The molecule has 1 aliphatic heterocycles. The average molecular weight is 1050 g/mol. The summed E-state index contributed by atoms with van der Waals surface area (Å²) >= 11 is 0. The highest BCUT2D eigenvalue weighted by Gasteiger charge is 2.48. The Morgan fingerprint density at radius 2 is 0.319 bits per heavy atom. The van der Waals surface area contributed by atoms with E-state index in [0.717, 1.165) is 0 Å². The van der Waals surface area contributed by atoms with E-state index in [2.05, 4.69) is 243 Å². The van der Waals surface area contributed by atoms with E-state index in [9.17, 15) is 0 Å². The summed E-state index contributed by atoms with van der Waals surface area (Å²) < 4.78 is 0. The van der Waals surface area contributed by atoms with E-state index in [-0.39, 0.29) is 0 Å². The Bertz CT molecular complexity index is 2440. The third-order valence-electron chi connectivity index (χ3n) is 12.6. The van der Waals surface area contributed by atoms with Gasteiger partial charge in [0.15, 0.2) is 0 Å². The zero-order chi connectivity index (χ0) is 46.7. The monoisotopic (exact) mass is 1050 g/mol. The van der Waals surface area contributed by atoms with E-state index in [1.807, 2.05) is 0 Å². The summed E-state index contributed by atoms with van der Waals surface area (Å²) in [5.74, 6) is 0. The molecule has 0 N–H and O–H groups in total. The van der Waals surface area contributed by atoms with Gasteiger partial charge in [-0.25, -0.2) is 0 Å². The first-order valence-corrected chi connectivity index (χ1v) is 41.1. The summed E-state index contributed by atoms with van der Waals surface area (Å²) in [6, 6.07) is 96.8. The summed E-state index contributed by atoms with van der Waals surface area (Å²) in [6.45, 7) is 0. The van der Waals surface area contributed by atoms with Crippen molar-refractivity contribution in [1.29, 1.82) is 0 Å². The van der Waals surface area contributed by atoms with E-state index >= 15 is 0 Å². The predicted octanol–water partition coefficient (Wildman–Crippen LogP) is 18.2. The van der Waals surface area contributed by atoms with Gasteiger partial charge in [-0.2, -0.15) is 0 Å². The molecule has 350 valence electrons. The maximum Gasteiger partial charge on any atom is -0.00564 e. The van der Waals surface area contributed by atoms with Crippen molar-refractivity contribution in [2.24, 2.45) is 0 Å². The van der Waals surface area contributed by atoms with Gasteiger partial charge in [0.2, 0.25) is 0 Å². The predicted molar refractivity (Wildman–Crippen MR) is 324 cm³/mol. The number of hydrogen-bond donors (Lipinski definition) is 0. The highest BCUT2D eigenvalue weighted by Crippen LogP contribution is 3.10. The van der Waals surface area contributed by atoms with Crippen LogP contribution in [0.5, 0.6) is 0 Å². The lowest BCUT2D eigenvalue weighted by molar-refractivity contribution is 0.555. The van der Waals surface area contributed by atoms with Crippen molar-refractivity contribution >= 4 is 101 Å². The fraction of sp³-hybridized carbons (Fsp3) is 0.213. The van der Waals surface area contributed by atoms with Crippen LogP contribution >= 0.6 is 59.0 Å². The molecular formula is C61H66P8. The van der Waals surface area contributed by atoms with Crippen LogP contribution in [-0.2, 0) is 0 Å². The summed E-state index contributed by atoms with van der Waals surface area (Å²) in [5.41, 5.74) is 0. The first kappa shape index (κ1) is 51.1. The number of benzene rings is 8. The first-order valence-electron chi connectivity index (χ1n) is 25.1. The van der Waals surface area contributed by atoms with Gasteiger partial charge in [0, 0.05) is 0 Å². The van der Waals surface area contributed by atoms with Gasteiger partial charge in [0.1, 0.15) is 0 Å². The van der Waals surface area contributed by atoms with Crippen LogP contribution in [0.15, 0.2) is 243 Å². The van der Waals surface area contributed by atoms with Crippen molar-refractivity contribution in [1.82, 2.24) is 0 Å². The zero-order valence-corrected chi connectivity index (χ0v) is 47.0. The Morgan fingerprint density at radius 3 is 0.536 bits per heavy atom. The minimum absolute atomic E-state index is 0.547. The van der Waals surface area contributed by atoms with Crippen molar-refractivity contribution in [3.63, 3.8) is 0 Å². The smallest absolute Gasteiger partial charge is 0.00564 e. The van der Waals surface area contributed by atoms with Crippen LogP contribution in [0.2, 0.25) is 0 Å². The van der Waals surface area contributed by atoms with Crippen molar-refractivity contribution in [3.8, 4) is 0 Å². The van der Waals surface area contributed by atoms with Crippen LogP contribution in [-0.4, -0.2) is 12.3 Å². The fourth-order valence-corrected chi connectivity index (χ4v) is 90.9. The van der Waals surface area contributed by atoms with Crippen LogP contribution in [0.25, 0.3) is 0 Å². The lowest BCUT2D eigenvalue weighted by atomic mass is 10.1. The van der Waals surface area contributed by atoms with Gasteiger partial charge in [-0.15, -0.1) is 0 Å². The fourth-order valence-electron chi connectivity index (χ4n) is 9.25. The zero-order valence-electron chi connectivity index (χ0n) is 39.9.